The van der Waals surface area contributed by atoms with Gasteiger partial charge in [0.05, 0.1) is 13.2 Å². The zero-order chi connectivity index (χ0) is 8.74. The normalized spacial score (nSPS) is 21.8. The molecule has 1 saturated heterocycles. The predicted octanol–water partition coefficient (Wildman–Crippen LogP) is 1.16. The summed E-state index contributed by atoms with van der Waals surface area (Å²) < 4.78 is 9.88. The van der Waals surface area contributed by atoms with Crippen molar-refractivity contribution in [1.82, 2.24) is 0 Å². The highest BCUT2D eigenvalue weighted by atomic mass is 16.6. The third-order valence-corrected chi connectivity index (χ3v) is 1.65. The molecule has 68 valence electrons. The van der Waals surface area contributed by atoms with Crippen LogP contribution in [0.4, 0.5) is 0 Å². The predicted molar refractivity (Wildman–Crippen MR) is 43.4 cm³/mol. The van der Waals surface area contributed by atoms with Gasteiger partial charge in [-0.05, 0) is 0 Å². The van der Waals surface area contributed by atoms with E-state index in [1.165, 1.54) is 7.11 Å². The van der Waals surface area contributed by atoms with E-state index in [9.17, 15) is 5.11 Å². The summed E-state index contributed by atoms with van der Waals surface area (Å²) in [6.45, 7) is 5.20. The molecule has 3 nitrogen and oxygen atoms in total. The number of hydrogen-bond acceptors (Lipinski definition) is 3. The van der Waals surface area contributed by atoms with E-state index in [1.54, 1.807) is 0 Å². The van der Waals surface area contributed by atoms with Gasteiger partial charge in [-0.3, -0.25) is 0 Å². The Morgan fingerprint density at radius 2 is 1.73 bits per heavy atom. The molecule has 1 aliphatic rings. The highest BCUT2D eigenvalue weighted by Crippen LogP contribution is 2.19. The summed E-state index contributed by atoms with van der Waals surface area (Å²) >= 11 is 0. The maximum Gasteiger partial charge on any atom is 0.169 e. The van der Waals surface area contributed by atoms with Gasteiger partial charge >= 0.3 is 0 Å². The standard InChI is InChI=1S/C6H12O3.C2H6/c1-8-6(7)2-4-9-5-3-6;1-2/h7H,2-5H2,1H3;1-2H3. The Morgan fingerprint density at radius 1 is 1.27 bits per heavy atom. The molecule has 11 heavy (non-hydrogen) atoms. The van der Waals surface area contributed by atoms with Crippen molar-refractivity contribution in [2.75, 3.05) is 20.3 Å². The van der Waals surface area contributed by atoms with Crippen LogP contribution in [-0.4, -0.2) is 31.2 Å². The minimum absolute atomic E-state index is 0.587. The Balaban J connectivity index is 0.000000461. The zero-order valence-corrected chi connectivity index (χ0v) is 7.59. The van der Waals surface area contributed by atoms with Gasteiger partial charge in [-0.15, -0.1) is 0 Å². The van der Waals surface area contributed by atoms with E-state index in [1.807, 2.05) is 13.8 Å². The lowest BCUT2D eigenvalue weighted by atomic mass is 10.1. The lowest BCUT2D eigenvalue weighted by Gasteiger charge is -2.29. The third-order valence-electron chi connectivity index (χ3n) is 1.65. The molecule has 1 N–H and O–H groups in total. The SMILES string of the molecule is CC.COC1(O)CCOCC1. The average Bonchev–Trinajstić information content (AvgIpc) is 2.10. The lowest BCUT2D eigenvalue weighted by molar-refractivity contribution is -0.225. The van der Waals surface area contributed by atoms with Gasteiger partial charge in [0.15, 0.2) is 5.79 Å². The maximum atomic E-state index is 9.38. The molecule has 0 radical (unpaired) electrons. The molecule has 0 bridgehead atoms. The molecule has 0 aromatic carbocycles. The molecular formula is C8H18O3. The first-order valence-corrected chi connectivity index (χ1v) is 4.12. The van der Waals surface area contributed by atoms with Crippen LogP contribution in [0.3, 0.4) is 0 Å². The Morgan fingerprint density at radius 3 is 2.00 bits per heavy atom. The second-order valence-corrected chi connectivity index (χ2v) is 2.26. The monoisotopic (exact) mass is 162 g/mol. The van der Waals surface area contributed by atoms with Crippen LogP contribution < -0.4 is 0 Å². The maximum absolute atomic E-state index is 9.38. The highest BCUT2D eigenvalue weighted by Gasteiger charge is 2.28. The summed E-state index contributed by atoms with van der Waals surface area (Å²) in [6, 6.07) is 0. The molecule has 1 rings (SSSR count). The Hall–Kier alpha value is -0.120. The van der Waals surface area contributed by atoms with E-state index in [4.69, 9.17) is 9.47 Å². The van der Waals surface area contributed by atoms with Gasteiger partial charge in [-0.1, -0.05) is 13.8 Å². The first-order chi connectivity index (χ1) is 5.27. The fourth-order valence-electron chi connectivity index (χ4n) is 0.894. The van der Waals surface area contributed by atoms with E-state index in [0.29, 0.717) is 26.1 Å². The summed E-state index contributed by atoms with van der Waals surface area (Å²) in [5.41, 5.74) is 0. The van der Waals surface area contributed by atoms with Gasteiger partial charge < -0.3 is 14.6 Å². The zero-order valence-electron chi connectivity index (χ0n) is 7.59. The Kier molecular flexibility index (Phi) is 5.46. The Labute approximate surface area is 68.3 Å². The van der Waals surface area contributed by atoms with Gasteiger partial charge in [-0.2, -0.15) is 0 Å². The number of rotatable bonds is 1. The average molecular weight is 162 g/mol. The van der Waals surface area contributed by atoms with Crippen molar-refractivity contribution >= 4 is 0 Å². The smallest absolute Gasteiger partial charge is 0.169 e. The second-order valence-electron chi connectivity index (χ2n) is 2.26. The van der Waals surface area contributed by atoms with Crippen LogP contribution in [0.2, 0.25) is 0 Å². The van der Waals surface area contributed by atoms with Crippen molar-refractivity contribution < 1.29 is 14.6 Å². The minimum Gasteiger partial charge on any atom is -0.381 e. The molecule has 1 aliphatic heterocycles. The number of aliphatic hydroxyl groups is 1. The van der Waals surface area contributed by atoms with Crippen LogP contribution in [-0.2, 0) is 9.47 Å². The summed E-state index contributed by atoms with van der Waals surface area (Å²) in [4.78, 5) is 0. The molecule has 0 aromatic heterocycles. The van der Waals surface area contributed by atoms with Crippen molar-refractivity contribution in [3.05, 3.63) is 0 Å². The molecule has 0 saturated carbocycles. The van der Waals surface area contributed by atoms with Crippen molar-refractivity contribution in [3.63, 3.8) is 0 Å². The topological polar surface area (TPSA) is 38.7 Å². The molecule has 1 fully saturated rings. The molecule has 1 heterocycles. The van der Waals surface area contributed by atoms with Gasteiger partial charge in [-0.25, -0.2) is 0 Å². The number of hydrogen-bond donors (Lipinski definition) is 1. The van der Waals surface area contributed by atoms with Crippen molar-refractivity contribution in [2.24, 2.45) is 0 Å². The first-order valence-electron chi connectivity index (χ1n) is 4.12. The van der Waals surface area contributed by atoms with E-state index < -0.39 is 5.79 Å². The van der Waals surface area contributed by atoms with E-state index in [0.717, 1.165) is 0 Å². The fourth-order valence-corrected chi connectivity index (χ4v) is 0.894. The van der Waals surface area contributed by atoms with Crippen LogP contribution >= 0.6 is 0 Å². The molecule has 3 heteroatoms. The summed E-state index contributed by atoms with van der Waals surface area (Å²) in [5, 5.41) is 9.38. The molecule has 0 spiro atoms. The fraction of sp³-hybridized carbons (Fsp3) is 1.00. The first kappa shape index (κ1) is 10.9. The molecule has 0 atom stereocenters. The van der Waals surface area contributed by atoms with Crippen LogP contribution in [0.15, 0.2) is 0 Å². The lowest BCUT2D eigenvalue weighted by Crippen LogP contribution is -2.37. The quantitative estimate of drug-likeness (QED) is 0.588. The number of methoxy groups -OCH3 is 1. The largest absolute Gasteiger partial charge is 0.381 e. The van der Waals surface area contributed by atoms with Crippen LogP contribution in [0.25, 0.3) is 0 Å². The van der Waals surface area contributed by atoms with Crippen molar-refractivity contribution in [1.29, 1.82) is 0 Å². The van der Waals surface area contributed by atoms with Gasteiger partial charge in [0.25, 0.3) is 0 Å². The minimum atomic E-state index is -0.905. The van der Waals surface area contributed by atoms with Gasteiger partial charge in [0.1, 0.15) is 0 Å². The van der Waals surface area contributed by atoms with E-state index in [-0.39, 0.29) is 0 Å². The van der Waals surface area contributed by atoms with Crippen LogP contribution in [0.1, 0.15) is 26.7 Å². The van der Waals surface area contributed by atoms with Crippen LogP contribution in [0.5, 0.6) is 0 Å². The second kappa shape index (κ2) is 5.52. The molecule has 0 aromatic rings. The molecule has 0 unspecified atom stereocenters. The Bertz CT molecular complexity index is 87.3. The summed E-state index contributed by atoms with van der Waals surface area (Å²) in [6.07, 6.45) is 1.17. The molecular weight excluding hydrogens is 144 g/mol. The van der Waals surface area contributed by atoms with Gasteiger partial charge in [0, 0.05) is 20.0 Å². The van der Waals surface area contributed by atoms with Crippen molar-refractivity contribution in [3.8, 4) is 0 Å². The molecule has 0 amide bonds. The third kappa shape index (κ3) is 3.70. The molecule has 0 aliphatic carbocycles. The highest BCUT2D eigenvalue weighted by molar-refractivity contribution is 4.69. The summed E-state index contributed by atoms with van der Waals surface area (Å²) in [5.74, 6) is -0.905. The van der Waals surface area contributed by atoms with E-state index in [2.05, 4.69) is 0 Å². The van der Waals surface area contributed by atoms with E-state index >= 15 is 0 Å². The van der Waals surface area contributed by atoms with Crippen LogP contribution in [0, 0.1) is 0 Å². The van der Waals surface area contributed by atoms with Gasteiger partial charge in [0.2, 0.25) is 0 Å². The summed E-state index contributed by atoms with van der Waals surface area (Å²) in [7, 11) is 1.52. The van der Waals surface area contributed by atoms with Crippen molar-refractivity contribution in [2.45, 2.75) is 32.5 Å². The number of ether oxygens (including phenoxy) is 2.